The van der Waals surface area contributed by atoms with Gasteiger partial charge in [0.05, 0.1) is 23.2 Å². The smallest absolute Gasteiger partial charge is 0.357 e. The largest absolute Gasteiger partial charge is 0.461 e. The normalized spacial score (nSPS) is 10.8. The summed E-state index contributed by atoms with van der Waals surface area (Å²) in [5.41, 5.74) is 1.82. The van der Waals surface area contributed by atoms with Crippen LogP contribution in [0.3, 0.4) is 0 Å². The Labute approximate surface area is 160 Å². The number of hydrogen-bond acceptors (Lipinski definition) is 6. The van der Waals surface area contributed by atoms with Crippen LogP contribution in [0.5, 0.6) is 0 Å². The standard InChI is InChI=1S/C21H16N4O3/c1-2-28-21(27)18-14(12-22-19(25-18)13-8-4-3-5-9-13)17-20(26)24-16-11-7-6-10-15(16)23-17/h3-12H,2H2,1H3,(H,24,26). The lowest BCUT2D eigenvalue weighted by Gasteiger charge is -2.09. The number of carbonyl (C=O) groups excluding carboxylic acids is 1. The maximum Gasteiger partial charge on any atom is 0.357 e. The lowest BCUT2D eigenvalue weighted by molar-refractivity contribution is 0.0520. The minimum absolute atomic E-state index is 0.00369. The van der Waals surface area contributed by atoms with E-state index in [1.165, 1.54) is 6.20 Å². The SMILES string of the molecule is CCOC(=O)c1nc(-c2ccccc2)ncc1-c1nc2ccccc2[nH]c1=O. The van der Waals surface area contributed by atoms with E-state index in [1.54, 1.807) is 25.1 Å². The summed E-state index contributed by atoms with van der Waals surface area (Å²) in [6, 6.07) is 16.4. The summed E-state index contributed by atoms with van der Waals surface area (Å²) in [6.07, 6.45) is 1.44. The highest BCUT2D eigenvalue weighted by Crippen LogP contribution is 2.23. The number of hydrogen-bond donors (Lipinski definition) is 1. The number of aromatic amines is 1. The van der Waals surface area contributed by atoms with E-state index in [9.17, 15) is 9.59 Å². The van der Waals surface area contributed by atoms with Gasteiger partial charge in [0.1, 0.15) is 5.69 Å². The molecule has 0 aliphatic carbocycles. The van der Waals surface area contributed by atoms with Gasteiger partial charge in [-0.2, -0.15) is 0 Å². The molecule has 0 saturated heterocycles. The van der Waals surface area contributed by atoms with Crippen molar-refractivity contribution in [3.63, 3.8) is 0 Å². The number of esters is 1. The van der Waals surface area contributed by atoms with E-state index in [4.69, 9.17) is 4.74 Å². The van der Waals surface area contributed by atoms with Crippen LogP contribution < -0.4 is 5.56 Å². The maximum absolute atomic E-state index is 12.6. The fourth-order valence-corrected chi connectivity index (χ4v) is 2.85. The Bertz CT molecular complexity index is 1220. The molecule has 28 heavy (non-hydrogen) atoms. The van der Waals surface area contributed by atoms with Crippen LogP contribution in [0.1, 0.15) is 17.4 Å². The molecule has 7 nitrogen and oxygen atoms in total. The molecule has 0 aliphatic rings. The third-order valence-corrected chi connectivity index (χ3v) is 4.14. The summed E-state index contributed by atoms with van der Waals surface area (Å²) >= 11 is 0. The van der Waals surface area contributed by atoms with Crippen LogP contribution in [0.15, 0.2) is 65.6 Å². The average Bonchev–Trinajstić information content (AvgIpc) is 2.74. The topological polar surface area (TPSA) is 97.8 Å². The third kappa shape index (κ3) is 3.25. The number of carbonyl (C=O) groups is 1. The van der Waals surface area contributed by atoms with Gasteiger partial charge in [-0.05, 0) is 19.1 Å². The molecule has 0 saturated carbocycles. The molecule has 0 amide bonds. The molecule has 2 heterocycles. The summed E-state index contributed by atoms with van der Waals surface area (Å²) in [5, 5.41) is 0. The second-order valence-corrected chi connectivity index (χ2v) is 5.97. The molecule has 0 aliphatic heterocycles. The lowest BCUT2D eigenvalue weighted by atomic mass is 10.1. The zero-order valence-corrected chi connectivity index (χ0v) is 15.0. The van der Waals surface area contributed by atoms with Crippen molar-refractivity contribution in [3.8, 4) is 22.6 Å². The van der Waals surface area contributed by atoms with Crippen LogP contribution in [0.25, 0.3) is 33.7 Å². The van der Waals surface area contributed by atoms with Crippen molar-refractivity contribution < 1.29 is 9.53 Å². The van der Waals surface area contributed by atoms with Crippen LogP contribution in [0.4, 0.5) is 0 Å². The quantitative estimate of drug-likeness (QED) is 0.552. The number of benzene rings is 2. The zero-order chi connectivity index (χ0) is 19.5. The predicted octanol–water partition coefficient (Wildman–Crippen LogP) is 3.22. The van der Waals surface area contributed by atoms with Gasteiger partial charge in [-0.3, -0.25) is 4.79 Å². The van der Waals surface area contributed by atoms with Crippen LogP contribution in [0, 0.1) is 0 Å². The zero-order valence-electron chi connectivity index (χ0n) is 15.0. The lowest BCUT2D eigenvalue weighted by Crippen LogP contribution is -2.17. The molecule has 7 heteroatoms. The van der Waals surface area contributed by atoms with Crippen molar-refractivity contribution in [2.75, 3.05) is 6.61 Å². The molecule has 4 rings (SSSR count). The van der Waals surface area contributed by atoms with E-state index in [-0.39, 0.29) is 23.6 Å². The van der Waals surface area contributed by atoms with Gasteiger partial charge >= 0.3 is 5.97 Å². The average molecular weight is 372 g/mol. The van der Waals surface area contributed by atoms with Gasteiger partial charge in [-0.25, -0.2) is 19.7 Å². The van der Waals surface area contributed by atoms with Gasteiger partial charge in [-0.1, -0.05) is 42.5 Å². The van der Waals surface area contributed by atoms with Gasteiger partial charge in [-0.15, -0.1) is 0 Å². The van der Waals surface area contributed by atoms with Crippen molar-refractivity contribution in [3.05, 3.63) is 76.8 Å². The van der Waals surface area contributed by atoms with E-state index in [0.717, 1.165) is 5.56 Å². The first-order chi connectivity index (χ1) is 13.7. The summed E-state index contributed by atoms with van der Waals surface area (Å²) in [6.45, 7) is 1.89. The summed E-state index contributed by atoms with van der Waals surface area (Å²) in [5.74, 6) is -0.268. The number of ether oxygens (including phenoxy) is 1. The number of nitrogens with zero attached hydrogens (tertiary/aromatic N) is 3. The predicted molar refractivity (Wildman–Crippen MR) is 105 cm³/mol. The van der Waals surface area contributed by atoms with E-state index in [0.29, 0.717) is 16.9 Å². The number of aromatic nitrogens is 4. The molecule has 0 radical (unpaired) electrons. The van der Waals surface area contributed by atoms with Crippen LogP contribution >= 0.6 is 0 Å². The number of para-hydroxylation sites is 2. The Morgan fingerprint density at radius 1 is 1.04 bits per heavy atom. The molecule has 2 aromatic heterocycles. The van der Waals surface area contributed by atoms with Crippen LogP contribution in [-0.4, -0.2) is 32.5 Å². The molecule has 0 atom stereocenters. The van der Waals surface area contributed by atoms with Crippen molar-refractivity contribution >= 4 is 17.0 Å². The Morgan fingerprint density at radius 3 is 2.57 bits per heavy atom. The Kier molecular flexibility index (Phi) is 4.63. The summed E-state index contributed by atoms with van der Waals surface area (Å²) in [4.78, 5) is 41.1. The number of fused-ring (bicyclic) bond motifs is 1. The van der Waals surface area contributed by atoms with Gasteiger partial charge in [0.2, 0.25) is 0 Å². The molecule has 1 N–H and O–H groups in total. The molecule has 0 bridgehead atoms. The fourth-order valence-electron chi connectivity index (χ4n) is 2.85. The number of nitrogens with one attached hydrogen (secondary N) is 1. The van der Waals surface area contributed by atoms with Crippen LogP contribution in [0.2, 0.25) is 0 Å². The van der Waals surface area contributed by atoms with Crippen molar-refractivity contribution in [1.82, 2.24) is 19.9 Å². The highest BCUT2D eigenvalue weighted by molar-refractivity contribution is 5.95. The van der Waals surface area contributed by atoms with Gasteiger partial charge in [0.25, 0.3) is 5.56 Å². The molecule has 0 spiro atoms. The van der Waals surface area contributed by atoms with Gasteiger partial charge in [0.15, 0.2) is 11.5 Å². The molecular formula is C21H16N4O3. The van der Waals surface area contributed by atoms with Gasteiger partial charge < -0.3 is 9.72 Å². The number of H-pyrrole nitrogens is 1. The molecule has 0 fully saturated rings. The first kappa shape index (κ1) is 17.5. The van der Waals surface area contributed by atoms with E-state index in [2.05, 4.69) is 19.9 Å². The maximum atomic E-state index is 12.6. The second kappa shape index (κ2) is 7.40. The fraction of sp³-hybridized carbons (Fsp3) is 0.0952. The van der Waals surface area contributed by atoms with Gasteiger partial charge in [0, 0.05) is 11.8 Å². The first-order valence-electron chi connectivity index (χ1n) is 8.76. The van der Waals surface area contributed by atoms with Crippen molar-refractivity contribution in [2.24, 2.45) is 0 Å². The Hall–Kier alpha value is -3.87. The van der Waals surface area contributed by atoms with Crippen molar-refractivity contribution in [2.45, 2.75) is 6.92 Å². The van der Waals surface area contributed by atoms with Crippen molar-refractivity contribution in [1.29, 1.82) is 0 Å². The Morgan fingerprint density at radius 2 is 1.79 bits per heavy atom. The monoisotopic (exact) mass is 372 g/mol. The third-order valence-electron chi connectivity index (χ3n) is 4.14. The number of rotatable bonds is 4. The second-order valence-electron chi connectivity index (χ2n) is 5.97. The molecule has 4 aromatic rings. The summed E-state index contributed by atoms with van der Waals surface area (Å²) in [7, 11) is 0. The molecule has 2 aromatic carbocycles. The molecule has 138 valence electrons. The van der Waals surface area contributed by atoms with E-state index in [1.807, 2.05) is 36.4 Å². The Balaban J connectivity index is 1.92. The highest BCUT2D eigenvalue weighted by Gasteiger charge is 2.21. The summed E-state index contributed by atoms with van der Waals surface area (Å²) < 4.78 is 5.14. The van der Waals surface area contributed by atoms with E-state index >= 15 is 0 Å². The molecular weight excluding hydrogens is 356 g/mol. The van der Waals surface area contributed by atoms with Crippen LogP contribution in [-0.2, 0) is 4.74 Å². The molecule has 0 unspecified atom stereocenters. The minimum atomic E-state index is -0.633. The van der Waals surface area contributed by atoms with E-state index < -0.39 is 11.5 Å². The minimum Gasteiger partial charge on any atom is -0.461 e. The highest BCUT2D eigenvalue weighted by atomic mass is 16.5. The first-order valence-corrected chi connectivity index (χ1v) is 8.76.